The van der Waals surface area contributed by atoms with E-state index >= 15 is 0 Å². The van der Waals surface area contributed by atoms with Gasteiger partial charge in [0.15, 0.2) is 0 Å². The molecule has 0 fully saturated rings. The largest absolute Gasteiger partial charge is 0.506 e. The highest BCUT2D eigenvalue weighted by Crippen LogP contribution is 2.56. The van der Waals surface area contributed by atoms with E-state index in [0.717, 1.165) is 0 Å². The zero-order valence-electron chi connectivity index (χ0n) is 18.5. The van der Waals surface area contributed by atoms with E-state index < -0.39 is 5.41 Å². The van der Waals surface area contributed by atoms with Gasteiger partial charge in [0.05, 0.1) is 11.1 Å². The maximum absolute atomic E-state index is 9.91. The average Bonchev–Trinajstić information content (AvgIpc) is 3.19. The molecule has 5 aromatic rings. The predicted octanol–water partition coefficient (Wildman–Crippen LogP) is 7.13. The molecule has 0 atom stereocenters. The normalized spacial score (nSPS) is 13.2. The van der Waals surface area contributed by atoms with Crippen molar-refractivity contribution in [1.82, 2.24) is 0 Å². The minimum Gasteiger partial charge on any atom is -0.506 e. The third-order valence-electron chi connectivity index (χ3n) is 6.68. The molecule has 1 aliphatic rings. The highest BCUT2D eigenvalue weighted by molar-refractivity contribution is 5.86. The Morgan fingerprint density at radius 2 is 1.09 bits per heavy atom. The first-order valence-corrected chi connectivity index (χ1v) is 11.3. The first-order valence-electron chi connectivity index (χ1n) is 11.3. The third-order valence-corrected chi connectivity index (χ3v) is 6.68. The van der Waals surface area contributed by atoms with E-state index in [1.165, 1.54) is 39.4 Å². The maximum Gasteiger partial charge on any atom is 0.142 e. The Hall–Kier alpha value is -4.50. The second-order valence-corrected chi connectivity index (χ2v) is 8.55. The van der Waals surface area contributed by atoms with Gasteiger partial charge in [0, 0.05) is 6.07 Å². The molecule has 0 radical (unpaired) electrons. The van der Waals surface area contributed by atoms with Crippen molar-refractivity contribution in [1.29, 1.82) is 0 Å². The van der Waals surface area contributed by atoms with Gasteiger partial charge in [0.2, 0.25) is 0 Å². The molecule has 0 aliphatic heterocycles. The van der Waals surface area contributed by atoms with E-state index in [2.05, 4.69) is 91.0 Å². The Bertz CT molecular complexity index is 1440. The number of hydrogen-bond acceptors (Lipinski definition) is 3. The van der Waals surface area contributed by atoms with Gasteiger partial charge >= 0.3 is 0 Å². The van der Waals surface area contributed by atoms with E-state index in [1.807, 2.05) is 12.1 Å². The predicted molar refractivity (Wildman–Crippen MR) is 136 cm³/mol. The molecule has 0 saturated heterocycles. The van der Waals surface area contributed by atoms with Crippen molar-refractivity contribution in [2.45, 2.75) is 5.41 Å². The lowest BCUT2D eigenvalue weighted by Gasteiger charge is -2.33. The number of nitrogen functional groups attached to an aromatic ring is 1. The molecule has 0 heterocycles. The van der Waals surface area contributed by atoms with Crippen LogP contribution in [0.25, 0.3) is 11.1 Å². The summed E-state index contributed by atoms with van der Waals surface area (Å²) in [5.41, 5.74) is 13.1. The molecule has 3 nitrogen and oxygen atoms in total. The number of anilines is 1. The molecule has 0 bridgehead atoms. The number of phenolic OH excluding ortho intramolecular Hbond substituents is 1. The first kappa shape index (κ1) is 20.1. The molecule has 0 spiro atoms. The number of rotatable bonds is 4. The zero-order valence-corrected chi connectivity index (χ0v) is 18.5. The quantitative estimate of drug-likeness (QED) is 0.226. The lowest BCUT2D eigenvalue weighted by Crippen LogP contribution is -2.28. The lowest BCUT2D eigenvalue weighted by atomic mass is 9.68. The van der Waals surface area contributed by atoms with Crippen molar-refractivity contribution in [3.8, 4) is 28.4 Å². The smallest absolute Gasteiger partial charge is 0.142 e. The van der Waals surface area contributed by atoms with Gasteiger partial charge in [-0.3, -0.25) is 0 Å². The number of aromatic hydroxyl groups is 1. The van der Waals surface area contributed by atoms with E-state index in [0.29, 0.717) is 17.2 Å². The zero-order chi connectivity index (χ0) is 23.1. The summed E-state index contributed by atoms with van der Waals surface area (Å²) in [6, 6.07) is 41.2. The van der Waals surface area contributed by atoms with Gasteiger partial charge in [-0.2, -0.15) is 0 Å². The molecule has 0 unspecified atom stereocenters. The van der Waals surface area contributed by atoms with Gasteiger partial charge in [-0.05, 0) is 57.6 Å². The van der Waals surface area contributed by atoms with Gasteiger partial charge in [0.25, 0.3) is 0 Å². The van der Waals surface area contributed by atoms with Gasteiger partial charge in [-0.15, -0.1) is 0 Å². The second kappa shape index (κ2) is 7.82. The van der Waals surface area contributed by atoms with Gasteiger partial charge < -0.3 is 15.6 Å². The number of fused-ring (bicyclic) bond motifs is 3. The van der Waals surface area contributed by atoms with Crippen molar-refractivity contribution in [2.24, 2.45) is 0 Å². The molecule has 0 aromatic heterocycles. The van der Waals surface area contributed by atoms with Crippen LogP contribution in [0.3, 0.4) is 0 Å². The van der Waals surface area contributed by atoms with Crippen molar-refractivity contribution >= 4 is 5.69 Å². The Balaban J connectivity index is 1.52. The molecule has 0 amide bonds. The number of phenols is 1. The molecule has 164 valence electrons. The number of hydrogen-bond donors (Lipinski definition) is 2. The van der Waals surface area contributed by atoms with Crippen LogP contribution >= 0.6 is 0 Å². The minimum absolute atomic E-state index is 0.0105. The monoisotopic (exact) mass is 441 g/mol. The summed E-state index contributed by atoms with van der Waals surface area (Å²) in [4.78, 5) is 0. The highest BCUT2D eigenvalue weighted by atomic mass is 16.5. The molecule has 6 rings (SSSR count). The van der Waals surface area contributed by atoms with Crippen LogP contribution in [0.1, 0.15) is 22.3 Å². The summed E-state index contributed by atoms with van der Waals surface area (Å²) in [5, 5.41) is 9.91. The topological polar surface area (TPSA) is 55.5 Å². The maximum atomic E-state index is 9.91. The van der Waals surface area contributed by atoms with Crippen LogP contribution in [0.5, 0.6) is 17.2 Å². The van der Waals surface area contributed by atoms with E-state index in [9.17, 15) is 5.11 Å². The standard InChI is InChI=1S/C31H23NO2/c32-29-19-18-24(20-30(29)33)34-23-16-14-22(15-17-23)31(21-8-2-1-3-9-21)27-12-6-4-10-25(27)26-11-5-7-13-28(26)31/h1-20,33H,32H2. The van der Waals surface area contributed by atoms with Crippen LogP contribution in [-0.4, -0.2) is 5.11 Å². The second-order valence-electron chi connectivity index (χ2n) is 8.55. The molecule has 0 saturated carbocycles. The average molecular weight is 442 g/mol. The summed E-state index contributed by atoms with van der Waals surface area (Å²) in [7, 11) is 0. The van der Waals surface area contributed by atoms with Crippen molar-refractivity contribution in [3.63, 3.8) is 0 Å². The van der Waals surface area contributed by atoms with Crippen LogP contribution in [-0.2, 0) is 5.41 Å². The summed E-state index contributed by atoms with van der Waals surface area (Å²) in [6.45, 7) is 0. The minimum atomic E-state index is -0.424. The summed E-state index contributed by atoms with van der Waals surface area (Å²) in [5.74, 6) is 1.24. The number of benzene rings is 5. The first-order chi connectivity index (χ1) is 16.7. The lowest BCUT2D eigenvalue weighted by molar-refractivity contribution is 0.457. The van der Waals surface area contributed by atoms with Gasteiger partial charge in [-0.1, -0.05) is 91.0 Å². The Morgan fingerprint density at radius 1 is 0.559 bits per heavy atom. The molecular formula is C31H23NO2. The highest BCUT2D eigenvalue weighted by Gasteiger charge is 2.45. The van der Waals surface area contributed by atoms with Crippen LogP contribution in [0.15, 0.2) is 121 Å². The van der Waals surface area contributed by atoms with Crippen LogP contribution in [0.2, 0.25) is 0 Å². The Kier molecular flexibility index (Phi) is 4.63. The van der Waals surface area contributed by atoms with Crippen molar-refractivity contribution in [3.05, 3.63) is 144 Å². The molecule has 3 heteroatoms. The Labute approximate surface area is 198 Å². The van der Waals surface area contributed by atoms with Gasteiger partial charge in [-0.25, -0.2) is 0 Å². The van der Waals surface area contributed by atoms with E-state index in [-0.39, 0.29) is 5.75 Å². The molecule has 34 heavy (non-hydrogen) atoms. The van der Waals surface area contributed by atoms with Gasteiger partial charge in [0.1, 0.15) is 17.2 Å². The summed E-state index contributed by atoms with van der Waals surface area (Å²) < 4.78 is 5.99. The van der Waals surface area contributed by atoms with Crippen LogP contribution in [0, 0.1) is 0 Å². The SMILES string of the molecule is Nc1ccc(Oc2ccc(C3(c4ccccc4)c4ccccc4-c4ccccc43)cc2)cc1O. The fourth-order valence-corrected chi connectivity index (χ4v) is 5.21. The van der Waals surface area contributed by atoms with Crippen LogP contribution < -0.4 is 10.5 Å². The van der Waals surface area contributed by atoms with Crippen molar-refractivity contribution < 1.29 is 9.84 Å². The Morgan fingerprint density at radius 3 is 1.71 bits per heavy atom. The van der Waals surface area contributed by atoms with Crippen molar-refractivity contribution in [2.75, 3.05) is 5.73 Å². The number of ether oxygens (including phenoxy) is 1. The fourth-order valence-electron chi connectivity index (χ4n) is 5.21. The summed E-state index contributed by atoms with van der Waals surface area (Å²) in [6.07, 6.45) is 0. The molecule has 5 aromatic carbocycles. The van der Waals surface area contributed by atoms with E-state index in [4.69, 9.17) is 10.5 Å². The van der Waals surface area contributed by atoms with E-state index in [1.54, 1.807) is 12.1 Å². The third kappa shape index (κ3) is 2.98. The molecule has 1 aliphatic carbocycles. The van der Waals surface area contributed by atoms with Crippen LogP contribution in [0.4, 0.5) is 5.69 Å². The fraction of sp³-hybridized carbons (Fsp3) is 0.0323. The molecular weight excluding hydrogens is 418 g/mol. The molecule has 3 N–H and O–H groups in total. The number of nitrogens with two attached hydrogens (primary N) is 1. The summed E-state index contributed by atoms with van der Waals surface area (Å²) >= 11 is 0.